The highest BCUT2D eigenvalue weighted by atomic mass is 16.5. The number of nitrogens with zero attached hydrogens (tertiary/aromatic N) is 4. The van der Waals surface area contributed by atoms with Crippen LogP contribution in [0.25, 0.3) is 0 Å². The highest BCUT2D eigenvalue weighted by Gasteiger charge is 2.30. The average molecular weight is 617 g/mol. The number of ether oxygens (including phenoxy) is 3. The van der Waals surface area contributed by atoms with Crippen LogP contribution in [0, 0.1) is 0 Å². The molecule has 45 heavy (non-hydrogen) atoms. The minimum atomic E-state index is -0.482. The number of nitrogens with one attached hydrogen (secondary N) is 2. The summed E-state index contributed by atoms with van der Waals surface area (Å²) in [5, 5.41) is 5.42. The number of hydrogen-bond acceptors (Lipinski definition) is 9. The number of rotatable bonds is 10. The fourth-order valence-corrected chi connectivity index (χ4v) is 5.31. The third-order valence-corrected chi connectivity index (χ3v) is 7.67. The van der Waals surface area contributed by atoms with Crippen molar-refractivity contribution in [2.45, 2.75) is 44.6 Å². The lowest BCUT2D eigenvalue weighted by Gasteiger charge is -2.26. The SMILES string of the molecule is COC(=O)c1ccc(NC(=O)c2nc(NC(=O)CCCOc3cc4c(cc3OC)C(=O)N3CCCCCC3C=N4)cn2C)cc1. The van der Waals surface area contributed by atoms with Crippen LogP contribution in [0.5, 0.6) is 11.5 Å². The van der Waals surface area contributed by atoms with Crippen LogP contribution in [0.4, 0.5) is 17.2 Å². The number of fused-ring (bicyclic) bond motifs is 2. The fourth-order valence-electron chi connectivity index (χ4n) is 5.31. The van der Waals surface area contributed by atoms with Crippen LogP contribution >= 0.6 is 0 Å². The van der Waals surface area contributed by atoms with Gasteiger partial charge in [0.25, 0.3) is 11.8 Å². The molecule has 2 aliphatic rings. The molecule has 1 fully saturated rings. The molecule has 2 N–H and O–H groups in total. The second-order valence-electron chi connectivity index (χ2n) is 10.8. The van der Waals surface area contributed by atoms with Gasteiger partial charge in [-0.2, -0.15) is 0 Å². The standard InChI is InChI=1S/C32H36N6O7/c1-37-19-27(36-29(37)30(40)34-21-12-10-20(11-13-21)32(42)44-3)35-28(39)9-7-15-45-26-17-24-23(16-25(26)43-2)31(41)38-14-6-4-5-8-22(38)18-33-24/h10-13,16-19,22H,4-9,14-15H2,1-3H3,(H,34,40)(H,35,39). The highest BCUT2D eigenvalue weighted by molar-refractivity contribution is 6.04. The smallest absolute Gasteiger partial charge is 0.337 e. The lowest BCUT2D eigenvalue weighted by atomic mass is 10.1. The van der Waals surface area contributed by atoms with Gasteiger partial charge in [-0.3, -0.25) is 19.4 Å². The normalized spacial score (nSPS) is 15.7. The summed E-state index contributed by atoms with van der Waals surface area (Å²) in [6, 6.07) is 9.61. The Labute approximate surface area is 260 Å². The van der Waals surface area contributed by atoms with E-state index in [-0.39, 0.29) is 42.5 Å². The second-order valence-corrected chi connectivity index (χ2v) is 10.8. The van der Waals surface area contributed by atoms with Gasteiger partial charge in [0, 0.05) is 44.2 Å². The molecule has 1 atom stereocenters. The summed E-state index contributed by atoms with van der Waals surface area (Å²) < 4.78 is 17.6. The first kappa shape index (κ1) is 31.2. The third-order valence-electron chi connectivity index (χ3n) is 7.67. The minimum absolute atomic E-state index is 0.0162. The summed E-state index contributed by atoms with van der Waals surface area (Å²) in [6.45, 7) is 0.929. The van der Waals surface area contributed by atoms with Crippen LogP contribution in [0.15, 0.2) is 47.6 Å². The maximum Gasteiger partial charge on any atom is 0.337 e. The number of carbonyl (C=O) groups excluding carboxylic acids is 4. The number of hydrogen-bond donors (Lipinski definition) is 2. The predicted octanol–water partition coefficient (Wildman–Crippen LogP) is 4.37. The van der Waals surface area contributed by atoms with Crippen molar-refractivity contribution in [3.05, 3.63) is 59.5 Å². The maximum atomic E-state index is 13.3. The Bertz CT molecular complexity index is 1610. The number of methoxy groups -OCH3 is 2. The molecule has 0 radical (unpaired) electrons. The summed E-state index contributed by atoms with van der Waals surface area (Å²) in [6.07, 6.45) is 7.97. The number of amides is 3. The molecule has 0 spiro atoms. The quantitative estimate of drug-likeness (QED) is 0.252. The Morgan fingerprint density at radius 1 is 1.02 bits per heavy atom. The Morgan fingerprint density at radius 3 is 2.58 bits per heavy atom. The molecule has 3 heterocycles. The largest absolute Gasteiger partial charge is 0.493 e. The van der Waals surface area contributed by atoms with Crippen LogP contribution in [0.1, 0.15) is 69.9 Å². The molecule has 1 saturated heterocycles. The van der Waals surface area contributed by atoms with Crippen molar-refractivity contribution in [2.24, 2.45) is 12.0 Å². The molecule has 1 aromatic heterocycles. The zero-order valence-electron chi connectivity index (χ0n) is 25.5. The summed E-state index contributed by atoms with van der Waals surface area (Å²) in [4.78, 5) is 61.1. The van der Waals surface area contributed by atoms with Crippen molar-refractivity contribution in [2.75, 3.05) is 38.0 Å². The first-order chi connectivity index (χ1) is 21.8. The first-order valence-corrected chi connectivity index (χ1v) is 14.8. The number of aryl methyl sites for hydroxylation is 1. The number of carbonyl (C=O) groups is 4. The zero-order valence-corrected chi connectivity index (χ0v) is 25.5. The van der Waals surface area contributed by atoms with Crippen molar-refractivity contribution < 1.29 is 33.4 Å². The monoisotopic (exact) mass is 616 g/mol. The summed E-state index contributed by atoms with van der Waals surface area (Å²) >= 11 is 0. The maximum absolute atomic E-state index is 13.3. The molecule has 0 saturated carbocycles. The van der Waals surface area contributed by atoms with Crippen molar-refractivity contribution >= 4 is 47.1 Å². The number of anilines is 2. The Balaban J connectivity index is 1.14. The zero-order chi connectivity index (χ0) is 31.9. The fraction of sp³-hybridized carbons (Fsp3) is 0.375. The first-order valence-electron chi connectivity index (χ1n) is 14.8. The van der Waals surface area contributed by atoms with Crippen LogP contribution in [-0.2, 0) is 16.6 Å². The van der Waals surface area contributed by atoms with E-state index in [9.17, 15) is 19.2 Å². The van der Waals surface area contributed by atoms with E-state index in [4.69, 9.17) is 9.47 Å². The number of aliphatic imine (C=N–C) groups is 1. The van der Waals surface area contributed by atoms with E-state index in [1.54, 1.807) is 37.5 Å². The average Bonchev–Trinajstić information content (AvgIpc) is 3.18. The van der Waals surface area contributed by atoms with Crippen LogP contribution in [-0.4, -0.2) is 77.8 Å². The minimum Gasteiger partial charge on any atom is -0.493 e. The van der Waals surface area contributed by atoms with Crippen molar-refractivity contribution in [3.63, 3.8) is 0 Å². The molecule has 3 amide bonds. The van der Waals surface area contributed by atoms with E-state index in [0.717, 1.165) is 25.7 Å². The van der Waals surface area contributed by atoms with Gasteiger partial charge in [-0.25, -0.2) is 9.78 Å². The van der Waals surface area contributed by atoms with Gasteiger partial charge in [0.1, 0.15) is 0 Å². The lowest BCUT2D eigenvalue weighted by Crippen LogP contribution is -2.40. The van der Waals surface area contributed by atoms with Crippen LogP contribution < -0.4 is 20.1 Å². The van der Waals surface area contributed by atoms with E-state index in [0.29, 0.717) is 47.0 Å². The van der Waals surface area contributed by atoms with E-state index in [1.807, 2.05) is 11.1 Å². The van der Waals surface area contributed by atoms with Crippen molar-refractivity contribution in [3.8, 4) is 11.5 Å². The Hall–Kier alpha value is -5.20. The van der Waals surface area contributed by atoms with Gasteiger partial charge in [-0.1, -0.05) is 12.8 Å². The molecule has 236 valence electrons. The van der Waals surface area contributed by atoms with Gasteiger partial charge in [-0.15, -0.1) is 0 Å². The number of imidazole rings is 1. The second kappa shape index (κ2) is 14.1. The van der Waals surface area contributed by atoms with Crippen molar-refractivity contribution in [1.29, 1.82) is 0 Å². The molecule has 2 aliphatic heterocycles. The van der Waals surface area contributed by atoms with E-state index >= 15 is 0 Å². The van der Waals surface area contributed by atoms with E-state index in [2.05, 4.69) is 25.3 Å². The van der Waals surface area contributed by atoms with Gasteiger partial charge in [-0.05, 0) is 49.6 Å². The van der Waals surface area contributed by atoms with Gasteiger partial charge >= 0.3 is 5.97 Å². The molecule has 0 bridgehead atoms. The van der Waals surface area contributed by atoms with Gasteiger partial charge in [0.15, 0.2) is 17.3 Å². The summed E-state index contributed by atoms with van der Waals surface area (Å²) in [5.41, 5.74) is 1.85. The predicted molar refractivity (Wildman–Crippen MR) is 167 cm³/mol. The lowest BCUT2D eigenvalue weighted by molar-refractivity contribution is -0.116. The molecule has 0 aliphatic carbocycles. The topological polar surface area (TPSA) is 153 Å². The summed E-state index contributed by atoms with van der Waals surface area (Å²) in [7, 11) is 4.45. The number of aromatic nitrogens is 2. The van der Waals surface area contributed by atoms with Crippen LogP contribution in [0.3, 0.4) is 0 Å². The van der Waals surface area contributed by atoms with E-state index < -0.39 is 11.9 Å². The van der Waals surface area contributed by atoms with Gasteiger partial charge in [0.2, 0.25) is 11.7 Å². The third kappa shape index (κ3) is 7.31. The van der Waals surface area contributed by atoms with Gasteiger partial charge in [0.05, 0.1) is 43.7 Å². The molecule has 5 rings (SSSR count). The molecular formula is C32H36N6O7. The molecule has 13 nitrogen and oxygen atoms in total. The highest BCUT2D eigenvalue weighted by Crippen LogP contribution is 2.37. The number of benzene rings is 2. The van der Waals surface area contributed by atoms with Crippen LogP contribution in [0.2, 0.25) is 0 Å². The Kier molecular flexibility index (Phi) is 9.76. The Morgan fingerprint density at radius 2 is 1.82 bits per heavy atom. The molecule has 3 aromatic rings. The molecule has 2 aromatic carbocycles. The summed E-state index contributed by atoms with van der Waals surface area (Å²) in [5.74, 6) is -0.113. The van der Waals surface area contributed by atoms with E-state index in [1.165, 1.54) is 30.9 Å². The molecular weight excluding hydrogens is 580 g/mol. The van der Waals surface area contributed by atoms with Gasteiger partial charge < -0.3 is 34.3 Å². The number of esters is 1. The molecule has 13 heteroatoms. The van der Waals surface area contributed by atoms with Crippen molar-refractivity contribution in [1.82, 2.24) is 14.5 Å². The molecule has 1 unspecified atom stereocenters.